The number of rotatable bonds is 3. The summed E-state index contributed by atoms with van der Waals surface area (Å²) in [5, 5.41) is 4.17. The molecule has 2 heterocycles. The van der Waals surface area contributed by atoms with Crippen molar-refractivity contribution < 1.29 is 4.79 Å². The molecule has 15 heavy (non-hydrogen) atoms. The summed E-state index contributed by atoms with van der Waals surface area (Å²) in [4.78, 5) is 10.7. The Labute approximate surface area is 88.1 Å². The van der Waals surface area contributed by atoms with Gasteiger partial charge in [-0.25, -0.2) is 0 Å². The maximum Gasteiger partial charge on any atom is 0.166 e. The highest BCUT2D eigenvalue weighted by Crippen LogP contribution is 2.09. The first-order valence-electron chi connectivity index (χ1n) is 4.80. The fraction of sp³-hybridized carbons (Fsp3) is 0.273. The van der Waals surface area contributed by atoms with Crippen LogP contribution in [0, 0.1) is 6.92 Å². The van der Waals surface area contributed by atoms with Gasteiger partial charge in [-0.1, -0.05) is 0 Å². The minimum atomic E-state index is 0.684. The van der Waals surface area contributed by atoms with Crippen LogP contribution in [0.5, 0.6) is 0 Å². The Hall–Kier alpha value is -1.84. The smallest absolute Gasteiger partial charge is 0.166 e. The molecule has 2 aromatic heterocycles. The van der Waals surface area contributed by atoms with Gasteiger partial charge in [-0.3, -0.25) is 9.48 Å². The number of aryl methyl sites for hydroxylation is 2. The van der Waals surface area contributed by atoms with Crippen molar-refractivity contribution in [1.82, 2.24) is 14.3 Å². The third-order valence-electron chi connectivity index (χ3n) is 2.58. The third-order valence-corrected chi connectivity index (χ3v) is 2.58. The number of nitrogens with zero attached hydrogens (tertiary/aromatic N) is 3. The van der Waals surface area contributed by atoms with Crippen LogP contribution < -0.4 is 0 Å². The van der Waals surface area contributed by atoms with Crippen molar-refractivity contribution in [3.63, 3.8) is 0 Å². The van der Waals surface area contributed by atoms with Gasteiger partial charge in [-0.2, -0.15) is 5.10 Å². The van der Waals surface area contributed by atoms with Crippen LogP contribution in [0.4, 0.5) is 0 Å². The first-order valence-corrected chi connectivity index (χ1v) is 4.80. The second-order valence-corrected chi connectivity index (χ2v) is 3.58. The van der Waals surface area contributed by atoms with Crippen LogP contribution in [0.25, 0.3) is 0 Å². The second kappa shape index (κ2) is 3.73. The Morgan fingerprint density at radius 3 is 2.93 bits per heavy atom. The molecular weight excluding hydrogens is 190 g/mol. The van der Waals surface area contributed by atoms with Gasteiger partial charge in [-0.15, -0.1) is 0 Å². The summed E-state index contributed by atoms with van der Waals surface area (Å²) in [7, 11) is 1.91. The van der Waals surface area contributed by atoms with Gasteiger partial charge in [0.15, 0.2) is 6.29 Å². The number of aromatic nitrogens is 3. The van der Waals surface area contributed by atoms with Crippen molar-refractivity contribution in [2.24, 2.45) is 7.05 Å². The van der Waals surface area contributed by atoms with E-state index in [-0.39, 0.29) is 0 Å². The minimum Gasteiger partial charge on any atom is -0.339 e. The summed E-state index contributed by atoms with van der Waals surface area (Å²) < 4.78 is 3.75. The molecule has 0 atom stereocenters. The quantitative estimate of drug-likeness (QED) is 0.707. The van der Waals surface area contributed by atoms with Crippen molar-refractivity contribution in [2.75, 3.05) is 0 Å². The third kappa shape index (κ3) is 1.70. The molecule has 0 radical (unpaired) electrons. The van der Waals surface area contributed by atoms with Crippen molar-refractivity contribution >= 4 is 6.29 Å². The monoisotopic (exact) mass is 203 g/mol. The van der Waals surface area contributed by atoms with Gasteiger partial charge < -0.3 is 4.57 Å². The van der Waals surface area contributed by atoms with E-state index >= 15 is 0 Å². The van der Waals surface area contributed by atoms with Gasteiger partial charge in [0.1, 0.15) is 0 Å². The number of carbonyl (C=O) groups is 1. The van der Waals surface area contributed by atoms with Gasteiger partial charge in [0.25, 0.3) is 0 Å². The van der Waals surface area contributed by atoms with Crippen LogP contribution in [0.2, 0.25) is 0 Å². The summed E-state index contributed by atoms with van der Waals surface area (Å²) in [5.41, 5.74) is 2.95. The van der Waals surface area contributed by atoms with Crippen LogP contribution in [0.1, 0.15) is 21.7 Å². The molecule has 0 unspecified atom stereocenters. The fourth-order valence-corrected chi connectivity index (χ4v) is 1.64. The Bertz CT molecular complexity index is 462. The summed E-state index contributed by atoms with van der Waals surface area (Å²) in [6.45, 7) is 2.70. The average Bonchev–Trinajstić information content (AvgIpc) is 2.79. The molecule has 0 amide bonds. The largest absolute Gasteiger partial charge is 0.339 e. The molecule has 0 aromatic carbocycles. The fourth-order valence-electron chi connectivity index (χ4n) is 1.64. The van der Waals surface area contributed by atoms with E-state index in [1.807, 2.05) is 41.7 Å². The normalized spacial score (nSPS) is 10.5. The predicted molar refractivity (Wildman–Crippen MR) is 56.9 cm³/mol. The summed E-state index contributed by atoms with van der Waals surface area (Å²) >= 11 is 0. The van der Waals surface area contributed by atoms with E-state index < -0.39 is 0 Å². The topological polar surface area (TPSA) is 39.8 Å². The van der Waals surface area contributed by atoms with E-state index in [1.54, 1.807) is 6.07 Å². The molecule has 0 aliphatic carbocycles. The highest BCUT2D eigenvalue weighted by atomic mass is 16.1. The lowest BCUT2D eigenvalue weighted by Gasteiger charge is -2.07. The second-order valence-electron chi connectivity index (χ2n) is 3.58. The Balaban J connectivity index is 2.33. The maximum absolute atomic E-state index is 10.7. The molecule has 0 N–H and O–H groups in total. The lowest BCUT2D eigenvalue weighted by molar-refractivity contribution is 0.111. The first-order chi connectivity index (χ1) is 7.22. The van der Waals surface area contributed by atoms with E-state index in [1.165, 1.54) is 0 Å². The number of aldehydes is 1. The summed E-state index contributed by atoms with van der Waals surface area (Å²) in [6.07, 6.45) is 4.60. The van der Waals surface area contributed by atoms with Crippen LogP contribution in [-0.4, -0.2) is 20.6 Å². The first kappa shape index (κ1) is 9.71. The molecule has 0 saturated heterocycles. The molecule has 4 heteroatoms. The van der Waals surface area contributed by atoms with Gasteiger partial charge >= 0.3 is 0 Å². The van der Waals surface area contributed by atoms with Crippen LogP contribution in [0.3, 0.4) is 0 Å². The summed E-state index contributed by atoms with van der Waals surface area (Å²) in [5.74, 6) is 0. The standard InChI is InChI=1S/C11H13N3O/c1-9-6-12-13(2)11(9)7-14-5-3-4-10(14)8-15/h3-6,8H,7H2,1-2H3. The highest BCUT2D eigenvalue weighted by Gasteiger charge is 2.06. The SMILES string of the molecule is Cc1cnn(C)c1Cn1cccc1C=O. The molecule has 78 valence electrons. The molecule has 4 nitrogen and oxygen atoms in total. The van der Waals surface area contributed by atoms with E-state index in [2.05, 4.69) is 5.10 Å². The lowest BCUT2D eigenvalue weighted by atomic mass is 10.2. The van der Waals surface area contributed by atoms with Gasteiger partial charge in [0.05, 0.1) is 24.1 Å². The molecule has 0 fully saturated rings. The molecule has 0 aliphatic rings. The Morgan fingerprint density at radius 2 is 2.33 bits per heavy atom. The Morgan fingerprint density at radius 1 is 1.53 bits per heavy atom. The van der Waals surface area contributed by atoms with E-state index in [4.69, 9.17) is 0 Å². The minimum absolute atomic E-state index is 0.684. The van der Waals surface area contributed by atoms with E-state index in [0.717, 1.165) is 17.5 Å². The van der Waals surface area contributed by atoms with Gasteiger partial charge in [0.2, 0.25) is 0 Å². The van der Waals surface area contributed by atoms with Gasteiger partial charge in [-0.05, 0) is 24.6 Å². The average molecular weight is 203 g/mol. The van der Waals surface area contributed by atoms with E-state index in [9.17, 15) is 4.79 Å². The number of hydrogen-bond donors (Lipinski definition) is 0. The molecule has 0 saturated carbocycles. The number of hydrogen-bond acceptors (Lipinski definition) is 2. The zero-order valence-electron chi connectivity index (χ0n) is 8.84. The number of carbonyl (C=O) groups excluding carboxylic acids is 1. The molecular formula is C11H13N3O. The van der Waals surface area contributed by atoms with Gasteiger partial charge in [0, 0.05) is 13.2 Å². The predicted octanol–water partition coefficient (Wildman–Crippen LogP) is 1.39. The summed E-state index contributed by atoms with van der Waals surface area (Å²) in [6, 6.07) is 3.67. The maximum atomic E-state index is 10.7. The molecule has 0 spiro atoms. The molecule has 2 aromatic rings. The van der Waals surface area contributed by atoms with Crippen LogP contribution in [0.15, 0.2) is 24.5 Å². The zero-order valence-corrected chi connectivity index (χ0v) is 8.84. The Kier molecular flexibility index (Phi) is 2.41. The molecule has 2 rings (SSSR count). The van der Waals surface area contributed by atoms with E-state index in [0.29, 0.717) is 12.2 Å². The van der Waals surface area contributed by atoms with Crippen LogP contribution >= 0.6 is 0 Å². The van der Waals surface area contributed by atoms with Crippen molar-refractivity contribution in [3.8, 4) is 0 Å². The zero-order chi connectivity index (χ0) is 10.8. The van der Waals surface area contributed by atoms with Crippen LogP contribution in [-0.2, 0) is 13.6 Å². The molecule has 0 bridgehead atoms. The highest BCUT2D eigenvalue weighted by molar-refractivity contribution is 5.72. The van der Waals surface area contributed by atoms with Crippen molar-refractivity contribution in [2.45, 2.75) is 13.5 Å². The van der Waals surface area contributed by atoms with Crippen molar-refractivity contribution in [1.29, 1.82) is 0 Å². The molecule has 0 aliphatic heterocycles. The lowest BCUT2D eigenvalue weighted by Crippen LogP contribution is -2.08. The van der Waals surface area contributed by atoms with Crippen molar-refractivity contribution in [3.05, 3.63) is 41.5 Å².